The van der Waals surface area contributed by atoms with Gasteiger partial charge in [0.25, 0.3) is 0 Å². The molecule has 0 aliphatic rings. The summed E-state index contributed by atoms with van der Waals surface area (Å²) in [4.78, 5) is 22.5. The summed E-state index contributed by atoms with van der Waals surface area (Å²) < 4.78 is 11.6. The molecule has 0 saturated heterocycles. The molecule has 0 amide bonds. The van der Waals surface area contributed by atoms with Crippen LogP contribution >= 0.6 is 0 Å². The zero-order valence-corrected chi connectivity index (χ0v) is 20.2. The number of carbonyl (C=O) groups is 2. The van der Waals surface area contributed by atoms with E-state index in [0.29, 0.717) is 13.0 Å². The summed E-state index contributed by atoms with van der Waals surface area (Å²) in [5.41, 5.74) is 1.09. The van der Waals surface area contributed by atoms with Crippen LogP contribution in [0.2, 0.25) is 0 Å². The van der Waals surface area contributed by atoms with Crippen LogP contribution in [0.1, 0.15) is 109 Å². The van der Waals surface area contributed by atoms with Crippen molar-refractivity contribution in [2.24, 2.45) is 0 Å². The van der Waals surface area contributed by atoms with Gasteiger partial charge >= 0.3 is 11.9 Å². The summed E-state index contributed by atoms with van der Waals surface area (Å²) in [7, 11) is 0. The van der Waals surface area contributed by atoms with Gasteiger partial charge in [-0.05, 0) is 44.1 Å². The summed E-state index contributed by atoms with van der Waals surface area (Å²) in [5.74, 6) is -0.994. The SMILES string of the molecule is CCCCCCCCCC(CCCCC(CCC(=O)O)OCc1ccccc1)OC(C)=O. The van der Waals surface area contributed by atoms with Gasteiger partial charge in [-0.15, -0.1) is 0 Å². The van der Waals surface area contributed by atoms with Crippen LogP contribution < -0.4 is 0 Å². The zero-order chi connectivity index (χ0) is 23.4. The summed E-state index contributed by atoms with van der Waals surface area (Å²) in [6, 6.07) is 9.96. The molecule has 1 rings (SSSR count). The number of benzene rings is 1. The molecule has 0 heterocycles. The monoisotopic (exact) mass is 448 g/mol. The minimum absolute atomic E-state index is 0.00847. The van der Waals surface area contributed by atoms with Crippen molar-refractivity contribution in [2.45, 2.75) is 123 Å². The first-order chi connectivity index (χ1) is 15.5. The molecule has 32 heavy (non-hydrogen) atoms. The number of hydrogen-bond acceptors (Lipinski definition) is 4. The van der Waals surface area contributed by atoms with Crippen molar-refractivity contribution in [1.82, 2.24) is 0 Å². The van der Waals surface area contributed by atoms with Gasteiger partial charge in [-0.25, -0.2) is 0 Å². The van der Waals surface area contributed by atoms with Gasteiger partial charge in [0.05, 0.1) is 12.7 Å². The summed E-state index contributed by atoms with van der Waals surface area (Å²) in [6.45, 7) is 4.21. The molecule has 182 valence electrons. The Morgan fingerprint density at radius 2 is 1.38 bits per heavy atom. The van der Waals surface area contributed by atoms with Gasteiger partial charge in [0.1, 0.15) is 6.10 Å². The number of carbonyl (C=O) groups excluding carboxylic acids is 1. The Morgan fingerprint density at radius 1 is 0.812 bits per heavy atom. The third-order valence-electron chi connectivity index (χ3n) is 5.77. The van der Waals surface area contributed by atoms with Gasteiger partial charge in [-0.1, -0.05) is 82.2 Å². The number of rotatable bonds is 20. The normalized spacial score (nSPS) is 12.9. The van der Waals surface area contributed by atoms with Crippen molar-refractivity contribution >= 4 is 11.9 Å². The van der Waals surface area contributed by atoms with E-state index in [0.717, 1.165) is 44.1 Å². The Labute approximate surface area is 194 Å². The van der Waals surface area contributed by atoms with E-state index in [4.69, 9.17) is 14.6 Å². The second-order valence-corrected chi connectivity index (χ2v) is 8.78. The first kappa shape index (κ1) is 28.2. The highest BCUT2D eigenvalue weighted by Crippen LogP contribution is 2.19. The third-order valence-corrected chi connectivity index (χ3v) is 5.77. The van der Waals surface area contributed by atoms with E-state index in [9.17, 15) is 9.59 Å². The molecule has 0 radical (unpaired) electrons. The molecule has 5 nitrogen and oxygen atoms in total. The molecule has 2 unspecified atom stereocenters. The van der Waals surface area contributed by atoms with Gasteiger partial charge in [0.2, 0.25) is 0 Å². The quantitative estimate of drug-likeness (QED) is 0.171. The lowest BCUT2D eigenvalue weighted by Gasteiger charge is -2.19. The molecule has 0 saturated carbocycles. The van der Waals surface area contributed by atoms with Gasteiger partial charge < -0.3 is 14.6 Å². The van der Waals surface area contributed by atoms with Gasteiger partial charge in [0.15, 0.2) is 0 Å². The predicted molar refractivity (Wildman–Crippen MR) is 129 cm³/mol. The highest BCUT2D eigenvalue weighted by molar-refractivity contribution is 5.66. The maximum absolute atomic E-state index is 11.5. The van der Waals surface area contributed by atoms with E-state index in [1.165, 1.54) is 45.4 Å². The van der Waals surface area contributed by atoms with Crippen LogP contribution in [0, 0.1) is 0 Å². The van der Waals surface area contributed by atoms with Crippen LogP contribution in [0.4, 0.5) is 0 Å². The zero-order valence-electron chi connectivity index (χ0n) is 20.2. The Hall–Kier alpha value is -1.88. The highest BCUT2D eigenvalue weighted by Gasteiger charge is 2.15. The smallest absolute Gasteiger partial charge is 0.303 e. The van der Waals surface area contributed by atoms with Gasteiger partial charge in [-0.3, -0.25) is 9.59 Å². The van der Waals surface area contributed by atoms with E-state index in [2.05, 4.69) is 6.92 Å². The Morgan fingerprint density at radius 3 is 1.97 bits per heavy atom. The van der Waals surface area contributed by atoms with Crippen molar-refractivity contribution in [2.75, 3.05) is 0 Å². The van der Waals surface area contributed by atoms with Crippen LogP contribution in [0.3, 0.4) is 0 Å². The minimum atomic E-state index is -0.789. The number of aliphatic carboxylic acids is 1. The molecule has 0 fully saturated rings. The molecule has 0 aliphatic carbocycles. The topological polar surface area (TPSA) is 72.8 Å². The largest absolute Gasteiger partial charge is 0.481 e. The van der Waals surface area contributed by atoms with Crippen molar-refractivity contribution in [1.29, 1.82) is 0 Å². The fraction of sp³-hybridized carbons (Fsp3) is 0.704. The summed E-state index contributed by atoms with van der Waals surface area (Å²) in [5, 5.41) is 9.03. The molecule has 5 heteroatoms. The number of hydrogen-bond donors (Lipinski definition) is 1. The molecule has 2 atom stereocenters. The average molecular weight is 449 g/mol. The lowest BCUT2D eigenvalue weighted by molar-refractivity contribution is -0.147. The first-order valence-corrected chi connectivity index (χ1v) is 12.6. The second kappa shape index (κ2) is 18.7. The number of carboxylic acid groups (broad SMARTS) is 1. The van der Waals surface area contributed by atoms with E-state index in [1.54, 1.807) is 0 Å². The van der Waals surface area contributed by atoms with E-state index in [1.807, 2.05) is 30.3 Å². The summed E-state index contributed by atoms with van der Waals surface area (Å²) in [6.07, 6.45) is 13.8. The maximum Gasteiger partial charge on any atom is 0.303 e. The van der Waals surface area contributed by atoms with Crippen molar-refractivity contribution < 1.29 is 24.2 Å². The Bertz CT molecular complexity index is 601. The summed E-state index contributed by atoms with van der Waals surface area (Å²) >= 11 is 0. The molecule has 0 spiro atoms. The molecule has 0 bridgehead atoms. The number of ether oxygens (including phenoxy) is 2. The molecular formula is C27H44O5. The van der Waals surface area contributed by atoms with Crippen LogP contribution in [-0.2, 0) is 25.7 Å². The number of unbranched alkanes of at least 4 members (excludes halogenated alkanes) is 7. The minimum Gasteiger partial charge on any atom is -0.481 e. The number of esters is 1. The fourth-order valence-corrected chi connectivity index (χ4v) is 3.95. The fourth-order valence-electron chi connectivity index (χ4n) is 3.95. The molecule has 1 aromatic rings. The van der Waals surface area contributed by atoms with Crippen molar-refractivity contribution in [3.63, 3.8) is 0 Å². The van der Waals surface area contributed by atoms with Gasteiger partial charge in [0, 0.05) is 13.3 Å². The van der Waals surface area contributed by atoms with Crippen LogP contribution in [0.25, 0.3) is 0 Å². The molecule has 0 aliphatic heterocycles. The van der Waals surface area contributed by atoms with Gasteiger partial charge in [-0.2, -0.15) is 0 Å². The lowest BCUT2D eigenvalue weighted by atomic mass is 10.0. The molecule has 1 aromatic carbocycles. The third kappa shape index (κ3) is 15.9. The van der Waals surface area contributed by atoms with E-state index < -0.39 is 5.97 Å². The highest BCUT2D eigenvalue weighted by atomic mass is 16.5. The maximum atomic E-state index is 11.5. The van der Waals surface area contributed by atoms with Crippen molar-refractivity contribution in [3.05, 3.63) is 35.9 Å². The predicted octanol–water partition coefficient (Wildman–Crippen LogP) is 7.07. The van der Waals surface area contributed by atoms with Crippen LogP contribution in [-0.4, -0.2) is 29.3 Å². The lowest BCUT2D eigenvalue weighted by Crippen LogP contribution is -2.18. The average Bonchev–Trinajstić information content (AvgIpc) is 2.77. The molecule has 1 N–H and O–H groups in total. The van der Waals surface area contributed by atoms with E-state index in [-0.39, 0.29) is 24.6 Å². The first-order valence-electron chi connectivity index (χ1n) is 12.6. The van der Waals surface area contributed by atoms with Crippen LogP contribution in [0.5, 0.6) is 0 Å². The Kier molecular flexibility index (Phi) is 16.4. The standard InChI is InChI=1S/C27H44O5/c1-3-4-5-6-7-8-12-18-26(32-23(2)28)19-14-13-17-25(20-21-27(29)30)31-22-24-15-10-9-11-16-24/h9-11,15-16,25-26H,3-8,12-14,17-22H2,1-2H3,(H,29,30). The molecule has 0 aromatic heterocycles. The molecular weight excluding hydrogens is 404 g/mol. The van der Waals surface area contributed by atoms with Crippen LogP contribution in [0.15, 0.2) is 30.3 Å². The Balaban J connectivity index is 2.33. The van der Waals surface area contributed by atoms with E-state index >= 15 is 0 Å². The van der Waals surface area contributed by atoms with Crippen molar-refractivity contribution in [3.8, 4) is 0 Å². The second-order valence-electron chi connectivity index (χ2n) is 8.78. The number of carboxylic acids is 1.